The van der Waals surface area contributed by atoms with Crippen molar-refractivity contribution in [2.75, 3.05) is 47.5 Å². The van der Waals surface area contributed by atoms with Crippen molar-refractivity contribution in [2.24, 2.45) is 0 Å². The van der Waals surface area contributed by atoms with Crippen molar-refractivity contribution in [1.29, 1.82) is 0 Å². The lowest BCUT2D eigenvalue weighted by atomic mass is 10.1. The molecule has 0 amide bonds. The number of phosphoric ester groups is 1. The van der Waals surface area contributed by atoms with E-state index in [0.717, 1.165) is 83.5 Å². The van der Waals surface area contributed by atoms with E-state index in [2.05, 4.69) is 50.3 Å². The highest BCUT2D eigenvalue weighted by molar-refractivity contribution is 7.47. The van der Waals surface area contributed by atoms with Crippen molar-refractivity contribution in [2.45, 2.75) is 186 Å². The first kappa shape index (κ1) is 51.2. The summed E-state index contributed by atoms with van der Waals surface area (Å²) in [7, 11) is 1.45. The second-order valence-corrected chi connectivity index (χ2v) is 17.6. The Morgan fingerprint density at radius 1 is 0.673 bits per heavy atom. The molecule has 1 rings (SSSR count). The smallest absolute Gasteiger partial charge is 0.462 e. The zero-order chi connectivity index (χ0) is 40.5. The first-order chi connectivity index (χ1) is 26.5. The number of ether oxygens (including phenoxy) is 3. The fraction of sp³-hybridized carbons (Fsp3) is 0.818. The van der Waals surface area contributed by atoms with Crippen LogP contribution in [0, 0.1) is 0 Å². The van der Waals surface area contributed by atoms with Gasteiger partial charge in [0.15, 0.2) is 6.10 Å². The SMILES string of the molecule is CCCCC/C=C\C/C=C\CCCCCCCC(=O)O[C@H](COC(=O)CCCCCCCC1OC1C/C=C\CCCCC)COP(=O)(O)OCC[N+](C)(C)C. The molecular formula is C44H81NO9P+. The number of unbranched alkanes of at least 4 members (excludes halogenated alkanes) is 15. The Balaban J connectivity index is 2.31. The maximum Gasteiger partial charge on any atom is 0.472 e. The highest BCUT2D eigenvalue weighted by Gasteiger charge is 2.36. The molecule has 1 heterocycles. The zero-order valence-electron chi connectivity index (χ0n) is 35.6. The van der Waals surface area contributed by atoms with Gasteiger partial charge in [-0.15, -0.1) is 0 Å². The number of quaternary nitrogens is 1. The molecular weight excluding hydrogens is 717 g/mol. The van der Waals surface area contributed by atoms with Crippen LogP contribution in [0.3, 0.4) is 0 Å². The Morgan fingerprint density at radius 2 is 1.22 bits per heavy atom. The molecule has 0 radical (unpaired) electrons. The lowest BCUT2D eigenvalue weighted by molar-refractivity contribution is -0.870. The summed E-state index contributed by atoms with van der Waals surface area (Å²) in [5.41, 5.74) is 0. The first-order valence-electron chi connectivity index (χ1n) is 21.8. The van der Waals surface area contributed by atoms with Gasteiger partial charge in [-0.25, -0.2) is 4.57 Å². The molecule has 1 aliphatic rings. The molecule has 3 unspecified atom stereocenters. The van der Waals surface area contributed by atoms with E-state index in [-0.39, 0.29) is 26.1 Å². The molecule has 0 aromatic heterocycles. The van der Waals surface area contributed by atoms with E-state index in [9.17, 15) is 19.0 Å². The highest BCUT2D eigenvalue weighted by Crippen LogP contribution is 2.43. The molecule has 10 nitrogen and oxygen atoms in total. The van der Waals surface area contributed by atoms with Gasteiger partial charge in [0.25, 0.3) is 0 Å². The second-order valence-electron chi connectivity index (χ2n) is 16.1. The van der Waals surface area contributed by atoms with Crippen LogP contribution in [-0.2, 0) is 37.4 Å². The molecule has 1 saturated heterocycles. The van der Waals surface area contributed by atoms with Crippen molar-refractivity contribution in [3.63, 3.8) is 0 Å². The Labute approximate surface area is 336 Å². The van der Waals surface area contributed by atoms with Gasteiger partial charge in [0.1, 0.15) is 19.8 Å². The van der Waals surface area contributed by atoms with Crippen molar-refractivity contribution in [1.82, 2.24) is 0 Å². The Morgan fingerprint density at radius 3 is 1.84 bits per heavy atom. The Bertz CT molecular complexity index is 1100. The average molecular weight is 799 g/mol. The molecule has 1 N–H and O–H groups in total. The van der Waals surface area contributed by atoms with Gasteiger partial charge in [0.2, 0.25) is 0 Å². The Hall–Kier alpha value is -1.81. The monoisotopic (exact) mass is 799 g/mol. The number of likely N-dealkylation sites (N-methyl/N-ethyl adjacent to an activating group) is 1. The molecule has 0 aromatic carbocycles. The van der Waals surface area contributed by atoms with Crippen molar-refractivity contribution in [3.8, 4) is 0 Å². The van der Waals surface area contributed by atoms with Gasteiger partial charge >= 0.3 is 19.8 Å². The lowest BCUT2D eigenvalue weighted by Gasteiger charge is -2.24. The number of hydrogen-bond acceptors (Lipinski definition) is 8. The van der Waals surface area contributed by atoms with Crippen LogP contribution in [0.5, 0.6) is 0 Å². The van der Waals surface area contributed by atoms with Crippen LogP contribution in [0.25, 0.3) is 0 Å². The predicted octanol–water partition coefficient (Wildman–Crippen LogP) is 11.1. The maximum atomic E-state index is 12.7. The van der Waals surface area contributed by atoms with E-state index in [1.165, 1.54) is 44.9 Å². The quantitative estimate of drug-likeness (QED) is 0.0162. The number of epoxide rings is 1. The van der Waals surface area contributed by atoms with Crippen molar-refractivity contribution in [3.05, 3.63) is 36.5 Å². The zero-order valence-corrected chi connectivity index (χ0v) is 36.5. The molecule has 1 fully saturated rings. The van der Waals surface area contributed by atoms with Crippen LogP contribution in [0.2, 0.25) is 0 Å². The second kappa shape index (κ2) is 33.2. The molecule has 0 aromatic rings. The molecule has 0 bridgehead atoms. The number of carbonyl (C=O) groups is 2. The number of rotatable bonds is 38. The number of hydrogen-bond donors (Lipinski definition) is 1. The molecule has 11 heteroatoms. The van der Waals surface area contributed by atoms with Gasteiger partial charge in [-0.2, -0.15) is 0 Å². The van der Waals surface area contributed by atoms with Crippen molar-refractivity contribution < 1.29 is 46.8 Å². The highest BCUT2D eigenvalue weighted by atomic mass is 31.2. The third-order valence-electron chi connectivity index (χ3n) is 9.57. The van der Waals surface area contributed by atoms with Gasteiger partial charge in [0, 0.05) is 12.8 Å². The van der Waals surface area contributed by atoms with Gasteiger partial charge < -0.3 is 23.6 Å². The minimum atomic E-state index is -4.39. The fourth-order valence-electron chi connectivity index (χ4n) is 5.99. The third-order valence-corrected chi connectivity index (χ3v) is 10.6. The van der Waals surface area contributed by atoms with Crippen LogP contribution >= 0.6 is 7.82 Å². The number of esters is 2. The summed E-state index contributed by atoms with van der Waals surface area (Å²) in [4.78, 5) is 35.4. The number of allylic oxidation sites excluding steroid dienone is 5. The van der Waals surface area contributed by atoms with E-state index in [4.69, 9.17) is 23.3 Å². The van der Waals surface area contributed by atoms with Gasteiger partial charge in [-0.1, -0.05) is 121 Å². The predicted molar refractivity (Wildman–Crippen MR) is 224 cm³/mol. The van der Waals surface area contributed by atoms with Crippen LogP contribution in [0.4, 0.5) is 0 Å². The number of phosphoric acid groups is 1. The summed E-state index contributed by atoms with van der Waals surface area (Å²) in [5, 5.41) is 0. The standard InChI is InChI=1S/C44H80NO9P/c1-6-8-10-12-14-15-16-17-18-19-20-21-22-26-31-35-44(47)53-40(39-52-55(48,49)51-37-36-45(3,4)5)38-50-43(46)34-30-27-23-25-29-33-42-41(54-42)32-28-24-13-11-9-7-2/h14-15,17-18,24,28,40-42H,6-13,16,19-23,25-27,29-39H2,1-5H3/p+1/b15-14-,18-17-,28-24-/t40-,41?,42?/m1/s1. The van der Waals surface area contributed by atoms with Gasteiger partial charge in [-0.3, -0.25) is 18.6 Å². The first-order valence-corrected chi connectivity index (χ1v) is 23.3. The normalized spacial score (nSPS) is 17.6. The van der Waals surface area contributed by atoms with E-state index in [0.29, 0.717) is 36.1 Å². The van der Waals surface area contributed by atoms with E-state index >= 15 is 0 Å². The summed E-state index contributed by atoms with van der Waals surface area (Å²) in [6.45, 7) is 4.31. The summed E-state index contributed by atoms with van der Waals surface area (Å²) >= 11 is 0. The molecule has 320 valence electrons. The van der Waals surface area contributed by atoms with Crippen LogP contribution in [0.15, 0.2) is 36.5 Å². The van der Waals surface area contributed by atoms with Crippen LogP contribution in [0.1, 0.15) is 168 Å². The molecule has 4 atom stereocenters. The summed E-state index contributed by atoms with van der Waals surface area (Å²) in [5.74, 6) is -0.839. The molecule has 0 spiro atoms. The number of carbonyl (C=O) groups excluding carboxylic acids is 2. The molecule has 55 heavy (non-hydrogen) atoms. The van der Waals surface area contributed by atoms with Gasteiger partial charge in [0.05, 0.1) is 40.0 Å². The number of nitrogens with zero attached hydrogens (tertiary/aromatic N) is 1. The summed E-state index contributed by atoms with van der Waals surface area (Å²) in [6, 6.07) is 0. The Kier molecular flexibility index (Phi) is 30.9. The van der Waals surface area contributed by atoms with E-state index < -0.39 is 32.5 Å². The van der Waals surface area contributed by atoms with E-state index in [1.807, 2.05) is 21.1 Å². The van der Waals surface area contributed by atoms with Gasteiger partial charge in [-0.05, 0) is 70.6 Å². The largest absolute Gasteiger partial charge is 0.472 e. The fourth-order valence-corrected chi connectivity index (χ4v) is 6.73. The van der Waals surface area contributed by atoms with Crippen LogP contribution < -0.4 is 0 Å². The maximum absolute atomic E-state index is 12.7. The van der Waals surface area contributed by atoms with Crippen LogP contribution in [-0.4, -0.2) is 87.1 Å². The topological polar surface area (TPSA) is 121 Å². The minimum Gasteiger partial charge on any atom is -0.462 e. The molecule has 0 aliphatic carbocycles. The molecule has 1 aliphatic heterocycles. The third kappa shape index (κ3) is 34.0. The molecule has 0 saturated carbocycles. The van der Waals surface area contributed by atoms with Crippen molar-refractivity contribution >= 4 is 19.8 Å². The lowest BCUT2D eigenvalue weighted by Crippen LogP contribution is -2.37. The average Bonchev–Trinajstić information content (AvgIpc) is 3.89. The summed E-state index contributed by atoms with van der Waals surface area (Å²) < 4.78 is 40.1. The van der Waals surface area contributed by atoms with E-state index in [1.54, 1.807) is 0 Å². The summed E-state index contributed by atoms with van der Waals surface area (Å²) in [6.07, 6.45) is 37.7. The minimum absolute atomic E-state index is 0.0231.